The van der Waals surface area contributed by atoms with Crippen molar-refractivity contribution in [1.82, 2.24) is 14.8 Å². The molecule has 0 amide bonds. The molecule has 1 heterocycles. The second-order valence-corrected chi connectivity index (χ2v) is 6.76. The third-order valence-corrected chi connectivity index (χ3v) is 4.78. The Bertz CT molecular complexity index is 829. The molecule has 0 saturated carbocycles. The quantitative estimate of drug-likeness (QED) is 0.497. The number of rotatable bonds is 6. The van der Waals surface area contributed by atoms with Crippen molar-refractivity contribution in [3.8, 4) is 17.1 Å². The second kappa shape index (κ2) is 7.53. The lowest BCUT2D eigenvalue weighted by Gasteiger charge is -2.07. The summed E-state index contributed by atoms with van der Waals surface area (Å²) in [6.07, 6.45) is 0. The minimum absolute atomic E-state index is 0.640. The third-order valence-electron chi connectivity index (χ3n) is 3.79. The monoisotopic (exact) mass is 339 g/mol. The van der Waals surface area contributed by atoms with Crippen molar-refractivity contribution in [2.45, 2.75) is 19.0 Å². The fraction of sp³-hybridized carbons (Fsp3) is 0.263. The Hall–Kier alpha value is -2.27. The summed E-state index contributed by atoms with van der Waals surface area (Å²) in [5.74, 6) is 2.64. The first-order chi connectivity index (χ1) is 11.6. The van der Waals surface area contributed by atoms with Crippen LogP contribution < -0.4 is 4.74 Å². The highest BCUT2D eigenvalue weighted by molar-refractivity contribution is 7.99. The van der Waals surface area contributed by atoms with Crippen molar-refractivity contribution in [2.75, 3.05) is 12.4 Å². The topological polar surface area (TPSA) is 39.9 Å². The van der Waals surface area contributed by atoms with Crippen molar-refractivity contribution in [3.05, 3.63) is 59.7 Å². The molecule has 124 valence electrons. The molecule has 1 aromatic heterocycles. The van der Waals surface area contributed by atoms with Crippen LogP contribution in [0.4, 0.5) is 0 Å². The van der Waals surface area contributed by atoms with Gasteiger partial charge in [0.25, 0.3) is 0 Å². The lowest BCUT2D eigenvalue weighted by atomic mass is 10.1. The van der Waals surface area contributed by atoms with Crippen LogP contribution in [0.5, 0.6) is 5.75 Å². The van der Waals surface area contributed by atoms with Gasteiger partial charge in [-0.05, 0) is 37.1 Å². The molecule has 0 radical (unpaired) electrons. The summed E-state index contributed by atoms with van der Waals surface area (Å²) in [5, 5.41) is 9.56. The number of aryl methyl sites for hydroxylation is 2. The van der Waals surface area contributed by atoms with Gasteiger partial charge in [-0.3, -0.25) is 0 Å². The Morgan fingerprint density at radius 1 is 1.04 bits per heavy atom. The van der Waals surface area contributed by atoms with Gasteiger partial charge in [0.15, 0.2) is 11.0 Å². The second-order valence-electron chi connectivity index (χ2n) is 5.69. The van der Waals surface area contributed by atoms with Crippen LogP contribution in [0.1, 0.15) is 11.1 Å². The first-order valence-electron chi connectivity index (χ1n) is 7.93. The SMILES string of the molecule is Cc1cccc(OCCSc2nnc(-c3ccccc3C)n2C)c1. The molecule has 24 heavy (non-hydrogen) atoms. The molecule has 3 aromatic rings. The summed E-state index contributed by atoms with van der Waals surface area (Å²) in [4.78, 5) is 0. The lowest BCUT2D eigenvalue weighted by Crippen LogP contribution is -2.02. The van der Waals surface area contributed by atoms with Crippen LogP contribution in [-0.4, -0.2) is 27.1 Å². The summed E-state index contributed by atoms with van der Waals surface area (Å²) in [6, 6.07) is 16.3. The van der Waals surface area contributed by atoms with Gasteiger partial charge in [0.05, 0.1) is 6.61 Å². The van der Waals surface area contributed by atoms with Crippen LogP contribution in [0, 0.1) is 13.8 Å². The molecule has 0 aliphatic heterocycles. The van der Waals surface area contributed by atoms with E-state index in [1.54, 1.807) is 11.8 Å². The molecule has 5 heteroatoms. The summed E-state index contributed by atoms with van der Waals surface area (Å²) in [5.41, 5.74) is 3.53. The minimum Gasteiger partial charge on any atom is -0.493 e. The molecule has 0 spiro atoms. The zero-order valence-electron chi connectivity index (χ0n) is 14.2. The van der Waals surface area contributed by atoms with Crippen molar-refractivity contribution in [1.29, 1.82) is 0 Å². The third kappa shape index (κ3) is 3.79. The van der Waals surface area contributed by atoms with E-state index in [4.69, 9.17) is 4.74 Å². The Balaban J connectivity index is 1.60. The summed E-state index contributed by atoms with van der Waals surface area (Å²) in [7, 11) is 2.01. The van der Waals surface area contributed by atoms with Crippen molar-refractivity contribution in [2.24, 2.45) is 7.05 Å². The van der Waals surface area contributed by atoms with Crippen LogP contribution in [0.25, 0.3) is 11.4 Å². The fourth-order valence-electron chi connectivity index (χ4n) is 2.50. The predicted molar refractivity (Wildman–Crippen MR) is 98.6 cm³/mol. The Labute approximate surface area is 146 Å². The number of hydrogen-bond donors (Lipinski definition) is 0. The van der Waals surface area contributed by atoms with Gasteiger partial charge < -0.3 is 9.30 Å². The summed E-state index contributed by atoms with van der Waals surface area (Å²) >= 11 is 1.66. The van der Waals surface area contributed by atoms with E-state index >= 15 is 0 Å². The molecular formula is C19H21N3OS. The zero-order valence-corrected chi connectivity index (χ0v) is 15.0. The van der Waals surface area contributed by atoms with E-state index in [9.17, 15) is 0 Å². The van der Waals surface area contributed by atoms with Crippen LogP contribution in [0.15, 0.2) is 53.7 Å². The fourth-order valence-corrected chi connectivity index (χ4v) is 3.22. The predicted octanol–water partition coefficient (Wildman–Crippen LogP) is 4.27. The molecule has 0 N–H and O–H groups in total. The normalized spacial score (nSPS) is 10.8. The molecule has 0 aliphatic rings. The Morgan fingerprint density at radius 2 is 1.88 bits per heavy atom. The number of ether oxygens (including phenoxy) is 1. The average molecular weight is 339 g/mol. The van der Waals surface area contributed by atoms with Gasteiger partial charge in [0.1, 0.15) is 5.75 Å². The molecular weight excluding hydrogens is 318 g/mol. The van der Waals surface area contributed by atoms with Gasteiger partial charge >= 0.3 is 0 Å². The Morgan fingerprint density at radius 3 is 2.67 bits per heavy atom. The number of thioether (sulfide) groups is 1. The lowest BCUT2D eigenvalue weighted by molar-refractivity contribution is 0.343. The van der Waals surface area contributed by atoms with Gasteiger partial charge in [-0.2, -0.15) is 0 Å². The van der Waals surface area contributed by atoms with Crippen LogP contribution >= 0.6 is 11.8 Å². The maximum absolute atomic E-state index is 5.78. The smallest absolute Gasteiger partial charge is 0.191 e. The maximum atomic E-state index is 5.78. The van der Waals surface area contributed by atoms with E-state index < -0.39 is 0 Å². The van der Waals surface area contributed by atoms with Gasteiger partial charge in [0.2, 0.25) is 0 Å². The highest BCUT2D eigenvalue weighted by Gasteiger charge is 2.12. The van der Waals surface area contributed by atoms with Crippen LogP contribution in [-0.2, 0) is 7.05 Å². The standard InChI is InChI=1S/C19H21N3OS/c1-14-7-6-9-16(13-14)23-11-12-24-19-21-20-18(22(19)3)17-10-5-4-8-15(17)2/h4-10,13H,11-12H2,1-3H3. The molecule has 3 rings (SSSR count). The molecule has 0 fully saturated rings. The number of benzene rings is 2. The highest BCUT2D eigenvalue weighted by Crippen LogP contribution is 2.25. The van der Waals surface area contributed by atoms with E-state index in [1.165, 1.54) is 11.1 Å². The van der Waals surface area contributed by atoms with E-state index in [0.29, 0.717) is 6.61 Å². The van der Waals surface area contributed by atoms with Crippen molar-refractivity contribution < 1.29 is 4.74 Å². The van der Waals surface area contributed by atoms with Gasteiger partial charge in [-0.1, -0.05) is 48.2 Å². The number of aromatic nitrogens is 3. The first kappa shape index (κ1) is 16.6. The maximum Gasteiger partial charge on any atom is 0.191 e. The van der Waals surface area contributed by atoms with Gasteiger partial charge in [0, 0.05) is 18.4 Å². The van der Waals surface area contributed by atoms with E-state index in [1.807, 2.05) is 41.9 Å². The van der Waals surface area contributed by atoms with E-state index in [2.05, 4.69) is 42.2 Å². The summed E-state index contributed by atoms with van der Waals surface area (Å²) in [6.45, 7) is 4.79. The first-order valence-corrected chi connectivity index (χ1v) is 8.91. The van der Waals surface area contributed by atoms with Crippen LogP contribution in [0.2, 0.25) is 0 Å². The van der Waals surface area contributed by atoms with Crippen molar-refractivity contribution >= 4 is 11.8 Å². The molecule has 4 nitrogen and oxygen atoms in total. The molecule has 0 unspecified atom stereocenters. The molecule has 0 atom stereocenters. The van der Waals surface area contributed by atoms with Gasteiger partial charge in [-0.25, -0.2) is 0 Å². The van der Waals surface area contributed by atoms with E-state index in [-0.39, 0.29) is 0 Å². The molecule has 0 saturated heterocycles. The largest absolute Gasteiger partial charge is 0.493 e. The zero-order chi connectivity index (χ0) is 16.9. The molecule has 2 aromatic carbocycles. The van der Waals surface area contributed by atoms with Crippen molar-refractivity contribution in [3.63, 3.8) is 0 Å². The minimum atomic E-state index is 0.640. The molecule has 0 bridgehead atoms. The summed E-state index contributed by atoms with van der Waals surface area (Å²) < 4.78 is 7.82. The molecule has 0 aliphatic carbocycles. The Kier molecular flexibility index (Phi) is 5.20. The van der Waals surface area contributed by atoms with Gasteiger partial charge in [-0.15, -0.1) is 10.2 Å². The van der Waals surface area contributed by atoms with E-state index in [0.717, 1.165) is 28.0 Å². The number of nitrogens with zero attached hydrogens (tertiary/aromatic N) is 3. The number of hydrogen-bond acceptors (Lipinski definition) is 4. The average Bonchev–Trinajstić information content (AvgIpc) is 2.93. The van der Waals surface area contributed by atoms with Crippen LogP contribution in [0.3, 0.4) is 0 Å². The highest BCUT2D eigenvalue weighted by atomic mass is 32.2.